The summed E-state index contributed by atoms with van der Waals surface area (Å²) in [6.45, 7) is 1.83. The van der Waals surface area contributed by atoms with Crippen LogP contribution < -0.4 is 4.90 Å². The number of sulfonamides is 1. The standard InChI is InChI=1S/C18H19ClN2O5S/c19-14-2-4-15(5-3-14)27(25,26)21-9-7-20(8-10-21)12-18(24)13-1-6-16(22)17(23)11-13/h1-6,11,22-23H,7-10,12H2/p+1. The van der Waals surface area contributed by atoms with Crippen LogP contribution in [0, 0.1) is 0 Å². The number of carbonyl (C=O) groups excluding carboxylic acids is 1. The highest BCUT2D eigenvalue weighted by Gasteiger charge is 2.31. The minimum atomic E-state index is -3.58. The van der Waals surface area contributed by atoms with Crippen LogP contribution >= 0.6 is 11.6 Å². The molecular weight excluding hydrogens is 392 g/mol. The molecule has 0 spiro atoms. The first kappa shape index (κ1) is 19.6. The Bertz CT molecular complexity index is 939. The van der Waals surface area contributed by atoms with Crippen molar-refractivity contribution in [3.63, 3.8) is 0 Å². The summed E-state index contributed by atoms with van der Waals surface area (Å²) < 4.78 is 26.8. The summed E-state index contributed by atoms with van der Waals surface area (Å²) in [7, 11) is -3.58. The summed E-state index contributed by atoms with van der Waals surface area (Å²) in [6, 6.07) is 10.0. The molecule has 0 amide bonds. The number of phenols is 2. The molecule has 0 atom stereocenters. The molecule has 7 nitrogen and oxygen atoms in total. The second-order valence-electron chi connectivity index (χ2n) is 6.41. The minimum absolute atomic E-state index is 0.172. The molecule has 1 aliphatic heterocycles. The van der Waals surface area contributed by atoms with Gasteiger partial charge in [0.05, 0.1) is 31.1 Å². The normalized spacial score (nSPS) is 16.3. The number of nitrogens with zero attached hydrogens (tertiary/aromatic N) is 1. The Morgan fingerprint density at radius 2 is 1.67 bits per heavy atom. The van der Waals surface area contributed by atoms with Gasteiger partial charge >= 0.3 is 0 Å². The Morgan fingerprint density at radius 1 is 1.04 bits per heavy atom. The number of piperazine rings is 1. The van der Waals surface area contributed by atoms with Crippen molar-refractivity contribution in [3.05, 3.63) is 53.1 Å². The van der Waals surface area contributed by atoms with E-state index in [1.54, 1.807) is 12.1 Å². The quantitative estimate of drug-likeness (QED) is 0.492. The van der Waals surface area contributed by atoms with Crippen LogP contribution in [0.15, 0.2) is 47.4 Å². The third-order valence-electron chi connectivity index (χ3n) is 4.59. The average Bonchev–Trinajstić information content (AvgIpc) is 2.64. The zero-order chi connectivity index (χ0) is 19.6. The van der Waals surface area contributed by atoms with Gasteiger partial charge in [0.15, 0.2) is 11.5 Å². The SMILES string of the molecule is O=C(C[NH+]1CCN(S(=O)(=O)c2ccc(Cl)cc2)CC1)c1ccc(O)c(O)c1. The van der Waals surface area contributed by atoms with Crippen LogP contribution in [-0.2, 0) is 10.0 Å². The second kappa shape index (κ2) is 7.85. The summed E-state index contributed by atoms with van der Waals surface area (Å²) in [4.78, 5) is 13.5. The molecule has 1 aliphatic rings. The number of nitrogens with one attached hydrogen (secondary N) is 1. The zero-order valence-electron chi connectivity index (χ0n) is 14.4. The van der Waals surface area contributed by atoms with E-state index >= 15 is 0 Å². The number of quaternary nitrogens is 1. The number of Topliss-reactive ketones (excluding diaryl/α,β-unsaturated/α-hetero) is 1. The number of ketones is 1. The molecule has 0 saturated carbocycles. The lowest BCUT2D eigenvalue weighted by molar-refractivity contribution is -0.895. The van der Waals surface area contributed by atoms with Crippen molar-refractivity contribution in [3.8, 4) is 11.5 Å². The van der Waals surface area contributed by atoms with Gasteiger partial charge in [0.2, 0.25) is 15.8 Å². The molecule has 144 valence electrons. The first-order chi connectivity index (χ1) is 12.8. The van der Waals surface area contributed by atoms with Crippen LogP contribution in [0.4, 0.5) is 0 Å². The van der Waals surface area contributed by atoms with E-state index in [2.05, 4.69) is 0 Å². The van der Waals surface area contributed by atoms with Crippen molar-refractivity contribution in [2.24, 2.45) is 0 Å². The minimum Gasteiger partial charge on any atom is -0.504 e. The number of hydrogen-bond donors (Lipinski definition) is 3. The van der Waals surface area contributed by atoms with E-state index in [4.69, 9.17) is 11.6 Å². The molecule has 0 aromatic heterocycles. The number of carbonyl (C=O) groups is 1. The topological polar surface area (TPSA) is 99.4 Å². The lowest BCUT2D eigenvalue weighted by Crippen LogP contribution is -3.15. The van der Waals surface area contributed by atoms with Crippen LogP contribution in [0.3, 0.4) is 0 Å². The zero-order valence-corrected chi connectivity index (χ0v) is 16.0. The van der Waals surface area contributed by atoms with Crippen LogP contribution in [0.5, 0.6) is 11.5 Å². The molecule has 0 bridgehead atoms. The molecule has 9 heteroatoms. The van der Waals surface area contributed by atoms with Gasteiger partial charge in [-0.1, -0.05) is 11.6 Å². The van der Waals surface area contributed by atoms with E-state index in [0.29, 0.717) is 36.8 Å². The van der Waals surface area contributed by atoms with E-state index in [0.717, 1.165) is 4.90 Å². The molecular formula is C18H20ClN2O5S+. The van der Waals surface area contributed by atoms with Crippen molar-refractivity contribution in [1.29, 1.82) is 0 Å². The predicted molar refractivity (Wildman–Crippen MR) is 99.9 cm³/mol. The molecule has 0 unspecified atom stereocenters. The molecule has 1 fully saturated rings. The van der Waals surface area contributed by atoms with Gasteiger partial charge in [-0.25, -0.2) is 8.42 Å². The van der Waals surface area contributed by atoms with Crippen LogP contribution in [0.2, 0.25) is 5.02 Å². The van der Waals surface area contributed by atoms with Crippen molar-refractivity contribution in [2.75, 3.05) is 32.7 Å². The number of benzene rings is 2. The smallest absolute Gasteiger partial charge is 0.243 e. The first-order valence-corrected chi connectivity index (χ1v) is 10.2. The van der Waals surface area contributed by atoms with Crippen molar-refractivity contribution < 1.29 is 28.3 Å². The summed E-state index contributed by atoms with van der Waals surface area (Å²) in [5, 5.41) is 19.3. The van der Waals surface area contributed by atoms with Crippen LogP contribution in [-0.4, -0.2) is 61.4 Å². The fourth-order valence-corrected chi connectivity index (χ4v) is 4.57. The molecule has 0 radical (unpaired) electrons. The maximum Gasteiger partial charge on any atom is 0.243 e. The molecule has 3 N–H and O–H groups in total. The third-order valence-corrected chi connectivity index (χ3v) is 6.75. The highest BCUT2D eigenvalue weighted by molar-refractivity contribution is 7.89. The van der Waals surface area contributed by atoms with Gasteiger partial charge in [-0.2, -0.15) is 4.31 Å². The lowest BCUT2D eigenvalue weighted by atomic mass is 10.1. The predicted octanol–water partition coefficient (Wildman–Crippen LogP) is 0.523. The van der Waals surface area contributed by atoms with E-state index in [9.17, 15) is 23.4 Å². The van der Waals surface area contributed by atoms with Gasteiger partial charge in [-0.3, -0.25) is 4.79 Å². The fourth-order valence-electron chi connectivity index (χ4n) is 3.00. The number of halogens is 1. The Balaban J connectivity index is 1.60. The van der Waals surface area contributed by atoms with Gasteiger partial charge in [-0.05, 0) is 42.5 Å². The van der Waals surface area contributed by atoms with Gasteiger partial charge in [0.1, 0.15) is 6.54 Å². The largest absolute Gasteiger partial charge is 0.504 e. The molecule has 0 aliphatic carbocycles. The van der Waals surface area contributed by atoms with E-state index in [-0.39, 0.29) is 28.7 Å². The highest BCUT2D eigenvalue weighted by atomic mass is 35.5. The van der Waals surface area contributed by atoms with Crippen LogP contribution in [0.25, 0.3) is 0 Å². The average molecular weight is 412 g/mol. The molecule has 2 aromatic rings. The maximum absolute atomic E-state index is 12.7. The van der Waals surface area contributed by atoms with Crippen molar-refractivity contribution >= 4 is 27.4 Å². The van der Waals surface area contributed by atoms with Crippen LogP contribution in [0.1, 0.15) is 10.4 Å². The van der Waals surface area contributed by atoms with Gasteiger partial charge in [0, 0.05) is 10.6 Å². The monoisotopic (exact) mass is 411 g/mol. The molecule has 1 saturated heterocycles. The fraction of sp³-hybridized carbons (Fsp3) is 0.278. The van der Waals surface area contributed by atoms with Gasteiger partial charge in [-0.15, -0.1) is 0 Å². The third kappa shape index (κ3) is 4.41. The molecule has 3 rings (SSSR count). The highest BCUT2D eigenvalue weighted by Crippen LogP contribution is 2.24. The second-order valence-corrected chi connectivity index (χ2v) is 8.79. The lowest BCUT2D eigenvalue weighted by Gasteiger charge is -2.31. The van der Waals surface area contributed by atoms with Gasteiger partial charge < -0.3 is 15.1 Å². The summed E-state index contributed by atoms with van der Waals surface area (Å²) in [5.74, 6) is -0.788. The van der Waals surface area contributed by atoms with Crippen molar-refractivity contribution in [1.82, 2.24) is 4.31 Å². The number of hydrogen-bond acceptors (Lipinski definition) is 5. The first-order valence-electron chi connectivity index (χ1n) is 8.42. The number of aromatic hydroxyl groups is 2. The van der Waals surface area contributed by atoms with E-state index < -0.39 is 10.0 Å². The summed E-state index contributed by atoms with van der Waals surface area (Å²) in [6.07, 6.45) is 0. The Hall–Kier alpha value is -2.13. The Labute approximate surface area is 162 Å². The summed E-state index contributed by atoms with van der Waals surface area (Å²) in [5.41, 5.74) is 0.314. The van der Waals surface area contributed by atoms with Crippen molar-refractivity contribution in [2.45, 2.75) is 4.90 Å². The number of phenolic OH excluding ortho intramolecular Hbond substituents is 2. The Kier molecular flexibility index (Phi) is 5.71. The van der Waals surface area contributed by atoms with E-state index in [1.807, 2.05) is 0 Å². The van der Waals surface area contributed by atoms with Gasteiger partial charge in [0.25, 0.3) is 0 Å². The molecule has 2 aromatic carbocycles. The molecule has 27 heavy (non-hydrogen) atoms. The molecule has 1 heterocycles. The maximum atomic E-state index is 12.7. The Morgan fingerprint density at radius 3 is 2.26 bits per heavy atom. The summed E-state index contributed by atoms with van der Waals surface area (Å²) >= 11 is 5.81. The number of rotatable bonds is 5. The van der Waals surface area contributed by atoms with E-state index in [1.165, 1.54) is 34.6 Å².